The first-order chi connectivity index (χ1) is 36.5. The highest BCUT2D eigenvalue weighted by Gasteiger charge is 2.27. The van der Waals surface area contributed by atoms with E-state index in [9.17, 15) is 19.0 Å². The maximum atomic E-state index is 12.8. The van der Waals surface area contributed by atoms with Crippen molar-refractivity contribution in [2.24, 2.45) is 0 Å². The molecule has 0 aliphatic rings. The zero-order valence-corrected chi connectivity index (χ0v) is 51.5. The Morgan fingerprint density at radius 3 is 1.05 bits per heavy atom. The first-order valence-corrected chi connectivity index (χ1v) is 34.1. The van der Waals surface area contributed by atoms with Crippen molar-refractivity contribution in [1.82, 2.24) is 0 Å². The molecule has 2 unspecified atom stereocenters. The molecule has 0 saturated carbocycles. The van der Waals surface area contributed by atoms with E-state index in [0.29, 0.717) is 23.9 Å². The first kappa shape index (κ1) is 73.5. The number of nitrogens with zero attached hydrogens (tertiary/aromatic N) is 1. The van der Waals surface area contributed by atoms with Gasteiger partial charge >= 0.3 is 19.8 Å². The van der Waals surface area contributed by atoms with Crippen LogP contribution in [0.3, 0.4) is 0 Å². The van der Waals surface area contributed by atoms with Gasteiger partial charge < -0.3 is 18.9 Å². The first-order valence-electron chi connectivity index (χ1n) is 32.6. The molecule has 0 spiro atoms. The summed E-state index contributed by atoms with van der Waals surface area (Å²) >= 11 is 0. The molecule has 9 nitrogen and oxygen atoms in total. The number of esters is 2. The molecule has 0 amide bonds. The highest BCUT2D eigenvalue weighted by molar-refractivity contribution is 7.47. The molecule has 444 valence electrons. The fourth-order valence-electron chi connectivity index (χ4n) is 9.70. The van der Waals surface area contributed by atoms with E-state index in [-0.39, 0.29) is 25.6 Å². The summed E-state index contributed by atoms with van der Waals surface area (Å²) in [6.07, 6.45) is 69.8. The normalized spacial score (nSPS) is 13.3. The highest BCUT2D eigenvalue weighted by atomic mass is 31.2. The topological polar surface area (TPSA) is 108 Å². The van der Waals surface area contributed by atoms with Crippen LogP contribution < -0.4 is 0 Å². The van der Waals surface area contributed by atoms with E-state index in [1.165, 1.54) is 257 Å². The van der Waals surface area contributed by atoms with Gasteiger partial charge in [-0.3, -0.25) is 18.6 Å². The molecule has 0 heterocycles. The predicted molar refractivity (Wildman–Crippen MR) is 321 cm³/mol. The maximum Gasteiger partial charge on any atom is 0.472 e. The second-order valence-corrected chi connectivity index (χ2v) is 25.0. The fourth-order valence-corrected chi connectivity index (χ4v) is 10.4. The zero-order chi connectivity index (χ0) is 54.9. The zero-order valence-electron chi connectivity index (χ0n) is 50.6. The SMILES string of the molecule is CCCCCCC/C=C\C/C=C\CCCCCCCCCCCCCCCC(=O)OC(COC(=O)CCCCCCCCCCCCCCCCCCCCCCCCCCCC)COP(=O)(O)OCC[N+](C)(C)C. The Kier molecular flexibility index (Phi) is 56.0. The van der Waals surface area contributed by atoms with Gasteiger partial charge in [-0.2, -0.15) is 0 Å². The number of rotatable bonds is 61. The van der Waals surface area contributed by atoms with Crippen molar-refractivity contribution >= 4 is 19.8 Å². The Morgan fingerprint density at radius 1 is 0.413 bits per heavy atom. The lowest BCUT2D eigenvalue weighted by Crippen LogP contribution is -2.37. The van der Waals surface area contributed by atoms with Crippen LogP contribution in [-0.4, -0.2) is 74.9 Å². The van der Waals surface area contributed by atoms with Gasteiger partial charge in [0.2, 0.25) is 0 Å². The van der Waals surface area contributed by atoms with Crippen molar-refractivity contribution in [1.29, 1.82) is 0 Å². The van der Waals surface area contributed by atoms with E-state index in [4.69, 9.17) is 18.5 Å². The van der Waals surface area contributed by atoms with Gasteiger partial charge in [0, 0.05) is 12.8 Å². The summed E-state index contributed by atoms with van der Waals surface area (Å²) in [5.41, 5.74) is 0. The van der Waals surface area contributed by atoms with Crippen LogP contribution in [0.2, 0.25) is 0 Å². The third kappa shape index (κ3) is 61.6. The second kappa shape index (κ2) is 57.2. The van der Waals surface area contributed by atoms with Crippen LogP contribution in [0.5, 0.6) is 0 Å². The summed E-state index contributed by atoms with van der Waals surface area (Å²) in [5, 5.41) is 0. The van der Waals surface area contributed by atoms with Crippen LogP contribution in [0.15, 0.2) is 24.3 Å². The van der Waals surface area contributed by atoms with Gasteiger partial charge in [0.25, 0.3) is 0 Å². The summed E-state index contributed by atoms with van der Waals surface area (Å²) in [5.74, 6) is -0.778. The largest absolute Gasteiger partial charge is 0.472 e. The number of ether oxygens (including phenoxy) is 2. The summed E-state index contributed by atoms with van der Waals surface area (Å²) in [6.45, 7) is 4.49. The number of phosphoric ester groups is 1. The van der Waals surface area contributed by atoms with Gasteiger partial charge in [0.15, 0.2) is 6.10 Å². The molecule has 2 atom stereocenters. The van der Waals surface area contributed by atoms with Crippen LogP contribution in [0.25, 0.3) is 0 Å². The lowest BCUT2D eigenvalue weighted by molar-refractivity contribution is -0.870. The van der Waals surface area contributed by atoms with Gasteiger partial charge in [-0.05, 0) is 44.9 Å². The van der Waals surface area contributed by atoms with Gasteiger partial charge in [0.05, 0.1) is 27.7 Å². The number of quaternary nitrogens is 1. The lowest BCUT2D eigenvalue weighted by Gasteiger charge is -2.24. The molecule has 0 rings (SSSR count). The molecule has 0 radical (unpaired) electrons. The lowest BCUT2D eigenvalue weighted by atomic mass is 10.0. The molecule has 0 aliphatic carbocycles. The van der Waals surface area contributed by atoms with Crippen LogP contribution in [0.1, 0.15) is 328 Å². The molecule has 0 bridgehead atoms. The Balaban J connectivity index is 4.05. The van der Waals surface area contributed by atoms with Crippen LogP contribution in [0, 0.1) is 0 Å². The Labute approximate surface area is 466 Å². The Bertz CT molecular complexity index is 1320. The monoisotopic (exact) mass is 1080 g/mol. The second-order valence-electron chi connectivity index (χ2n) is 23.5. The molecule has 0 aromatic carbocycles. The van der Waals surface area contributed by atoms with Crippen molar-refractivity contribution < 1.29 is 42.1 Å². The van der Waals surface area contributed by atoms with Gasteiger partial charge in [-0.15, -0.1) is 0 Å². The summed E-state index contributed by atoms with van der Waals surface area (Å²) in [4.78, 5) is 35.8. The number of allylic oxidation sites excluding steroid dienone is 4. The van der Waals surface area contributed by atoms with E-state index >= 15 is 0 Å². The molecule has 0 aromatic heterocycles. The van der Waals surface area contributed by atoms with E-state index < -0.39 is 26.5 Å². The third-order valence-corrected chi connectivity index (χ3v) is 15.7. The molecule has 0 fully saturated rings. The molecule has 75 heavy (non-hydrogen) atoms. The maximum absolute atomic E-state index is 12.8. The number of hydrogen-bond acceptors (Lipinski definition) is 7. The minimum absolute atomic E-state index is 0.0346. The van der Waals surface area contributed by atoms with Crippen molar-refractivity contribution in [3.05, 3.63) is 24.3 Å². The van der Waals surface area contributed by atoms with Gasteiger partial charge in [-0.25, -0.2) is 4.57 Å². The predicted octanol–water partition coefficient (Wildman–Crippen LogP) is 20.5. The minimum Gasteiger partial charge on any atom is -0.462 e. The molecule has 1 N–H and O–H groups in total. The van der Waals surface area contributed by atoms with Crippen LogP contribution in [-0.2, 0) is 32.7 Å². The highest BCUT2D eigenvalue weighted by Crippen LogP contribution is 2.43. The van der Waals surface area contributed by atoms with Crippen LogP contribution >= 0.6 is 7.82 Å². The van der Waals surface area contributed by atoms with E-state index in [2.05, 4.69) is 38.2 Å². The molecule has 10 heteroatoms. The van der Waals surface area contributed by atoms with Gasteiger partial charge in [0.1, 0.15) is 19.8 Å². The number of carbonyl (C=O) groups excluding carboxylic acids is 2. The number of hydrogen-bond donors (Lipinski definition) is 1. The van der Waals surface area contributed by atoms with Crippen LogP contribution in [0.4, 0.5) is 0 Å². The number of carbonyl (C=O) groups is 2. The van der Waals surface area contributed by atoms with E-state index in [1.54, 1.807) is 0 Å². The van der Waals surface area contributed by atoms with Crippen molar-refractivity contribution in [2.45, 2.75) is 335 Å². The standard InChI is InChI=1S/C65H126NO8P/c1-6-8-10-12-14-16-18-20-22-24-26-28-30-32-34-35-37-39-41-43-45-47-49-51-53-55-57-64(67)71-61-63(62-73-75(69,70)72-60-59-66(3,4)5)74-65(68)58-56-54-52-50-48-46-44-42-40-38-36-33-31-29-27-25-23-21-19-17-15-13-11-9-7-2/h19,21,25,27,63H,6-18,20,22-24,26,28-62H2,1-5H3/p+1/b21-19-,27-25-. The molecular weight excluding hydrogens is 954 g/mol. The average Bonchev–Trinajstić information content (AvgIpc) is 3.37. The summed E-state index contributed by atoms with van der Waals surface area (Å²) < 4.78 is 34.7. The molecular formula is C65H127NO8P+. The number of likely N-dealkylation sites (N-methyl/N-ethyl adjacent to an activating group) is 1. The van der Waals surface area contributed by atoms with Crippen molar-refractivity contribution in [2.75, 3.05) is 47.5 Å². The Morgan fingerprint density at radius 2 is 0.720 bits per heavy atom. The van der Waals surface area contributed by atoms with E-state index in [1.807, 2.05) is 21.1 Å². The Hall–Kier alpha value is -1.51. The van der Waals surface area contributed by atoms with E-state index in [0.717, 1.165) is 38.5 Å². The molecule has 0 saturated heterocycles. The quantitative estimate of drug-likeness (QED) is 0.0211. The summed E-state index contributed by atoms with van der Waals surface area (Å²) in [7, 11) is 1.50. The van der Waals surface area contributed by atoms with Crippen molar-refractivity contribution in [3.8, 4) is 0 Å². The van der Waals surface area contributed by atoms with Gasteiger partial charge in [-0.1, -0.05) is 295 Å². The minimum atomic E-state index is -4.39. The summed E-state index contributed by atoms with van der Waals surface area (Å²) in [6, 6.07) is 0. The number of phosphoric acid groups is 1. The molecule has 0 aliphatic heterocycles. The smallest absolute Gasteiger partial charge is 0.462 e. The number of unbranched alkanes of at least 4 members (excludes halogenated alkanes) is 43. The average molecular weight is 1080 g/mol. The van der Waals surface area contributed by atoms with Crippen molar-refractivity contribution in [3.63, 3.8) is 0 Å². The fraction of sp³-hybridized carbons (Fsp3) is 0.908. The molecule has 0 aromatic rings. The third-order valence-electron chi connectivity index (χ3n) is 14.7.